The van der Waals surface area contributed by atoms with Crippen LogP contribution in [0.2, 0.25) is 0 Å². The Kier molecular flexibility index (Phi) is 3.73. The summed E-state index contributed by atoms with van der Waals surface area (Å²) in [6, 6.07) is 0. The fourth-order valence-corrected chi connectivity index (χ4v) is 5.02. The van der Waals surface area contributed by atoms with Crippen molar-refractivity contribution in [2.24, 2.45) is 23.2 Å². The lowest BCUT2D eigenvalue weighted by Gasteiger charge is -2.55. The van der Waals surface area contributed by atoms with Crippen molar-refractivity contribution in [3.05, 3.63) is 0 Å². The second kappa shape index (κ2) is 5.17. The number of esters is 1. The van der Waals surface area contributed by atoms with Crippen LogP contribution in [0.5, 0.6) is 0 Å². The van der Waals surface area contributed by atoms with E-state index < -0.39 is 23.9 Å². The zero-order valence-electron chi connectivity index (χ0n) is 12.4. The Labute approximate surface area is 123 Å². The van der Waals surface area contributed by atoms with E-state index in [4.69, 9.17) is 4.74 Å². The van der Waals surface area contributed by atoms with Gasteiger partial charge in [0.15, 0.2) is 6.17 Å². The Hall–Kier alpha value is -0.740. The van der Waals surface area contributed by atoms with Gasteiger partial charge in [0.2, 0.25) is 0 Å². The summed E-state index contributed by atoms with van der Waals surface area (Å²) in [6.07, 6.45) is 3.62. The molecule has 21 heavy (non-hydrogen) atoms. The molecule has 0 aliphatic heterocycles. The summed E-state index contributed by atoms with van der Waals surface area (Å²) in [5.41, 5.74) is -0.394. The molecule has 1 unspecified atom stereocenters. The van der Waals surface area contributed by atoms with Gasteiger partial charge in [0.05, 0.1) is 12.0 Å². The number of hydrogen-bond acceptors (Lipinski definition) is 2. The van der Waals surface area contributed by atoms with Crippen LogP contribution in [0, 0.1) is 23.2 Å². The van der Waals surface area contributed by atoms with Crippen molar-refractivity contribution in [3.63, 3.8) is 0 Å². The zero-order valence-corrected chi connectivity index (χ0v) is 12.4. The van der Waals surface area contributed by atoms with E-state index in [0.717, 1.165) is 19.3 Å². The molecule has 1 atom stereocenters. The lowest BCUT2D eigenvalue weighted by molar-refractivity contribution is -0.172. The van der Waals surface area contributed by atoms with Crippen LogP contribution in [0.4, 0.5) is 13.2 Å². The van der Waals surface area contributed by atoms with Gasteiger partial charge in [-0.15, -0.1) is 0 Å². The van der Waals surface area contributed by atoms with Crippen LogP contribution in [0.3, 0.4) is 0 Å². The largest absolute Gasteiger partial charge is 0.465 e. The Balaban J connectivity index is 1.54. The van der Waals surface area contributed by atoms with Gasteiger partial charge in [-0.05, 0) is 56.3 Å². The fourth-order valence-electron chi connectivity index (χ4n) is 5.02. The van der Waals surface area contributed by atoms with Gasteiger partial charge in [-0.1, -0.05) is 0 Å². The average molecular weight is 304 g/mol. The lowest BCUT2D eigenvalue weighted by Crippen LogP contribution is -2.50. The molecule has 4 aliphatic rings. The molecule has 120 valence electrons. The van der Waals surface area contributed by atoms with Gasteiger partial charge >= 0.3 is 5.97 Å². The summed E-state index contributed by atoms with van der Waals surface area (Å²) >= 11 is 0. The van der Waals surface area contributed by atoms with Gasteiger partial charge in [-0.3, -0.25) is 4.79 Å². The first-order chi connectivity index (χ1) is 9.78. The van der Waals surface area contributed by atoms with E-state index in [1.165, 1.54) is 19.3 Å². The van der Waals surface area contributed by atoms with E-state index in [9.17, 15) is 18.0 Å². The van der Waals surface area contributed by atoms with Crippen molar-refractivity contribution in [3.8, 4) is 0 Å². The molecule has 4 rings (SSSR count). The Morgan fingerprint density at radius 3 is 2.10 bits per heavy atom. The topological polar surface area (TPSA) is 26.3 Å². The molecule has 0 radical (unpaired) electrons. The SMILES string of the molecule is CC(F)(F)C(F)CCOC(=O)C12CC3CC(CC(C3)C1)C2. The highest BCUT2D eigenvalue weighted by molar-refractivity contribution is 5.77. The lowest BCUT2D eigenvalue weighted by atomic mass is 9.49. The van der Waals surface area contributed by atoms with Gasteiger partial charge in [-0.25, -0.2) is 13.2 Å². The summed E-state index contributed by atoms with van der Waals surface area (Å²) < 4.78 is 43.8. The molecule has 4 fully saturated rings. The van der Waals surface area contributed by atoms with E-state index >= 15 is 0 Å². The molecule has 0 aromatic rings. The van der Waals surface area contributed by atoms with Crippen molar-refractivity contribution in [1.29, 1.82) is 0 Å². The Bertz CT molecular complexity index is 381. The molecule has 0 aromatic carbocycles. The van der Waals surface area contributed by atoms with Crippen LogP contribution >= 0.6 is 0 Å². The van der Waals surface area contributed by atoms with E-state index in [-0.39, 0.29) is 12.6 Å². The molecule has 0 N–H and O–H groups in total. The number of ether oxygens (including phenoxy) is 1. The fraction of sp³-hybridized carbons (Fsp3) is 0.938. The van der Waals surface area contributed by atoms with E-state index in [2.05, 4.69) is 0 Å². The predicted octanol–water partition coefficient (Wildman–Crippen LogP) is 4.13. The van der Waals surface area contributed by atoms with Gasteiger partial charge in [-0.2, -0.15) is 0 Å². The summed E-state index contributed by atoms with van der Waals surface area (Å²) in [5.74, 6) is -1.77. The minimum atomic E-state index is -3.37. The van der Waals surface area contributed by atoms with Gasteiger partial charge < -0.3 is 4.74 Å². The van der Waals surface area contributed by atoms with Crippen molar-refractivity contribution < 1.29 is 22.7 Å². The molecule has 4 saturated carbocycles. The maximum absolute atomic E-state index is 13.2. The maximum atomic E-state index is 13.2. The highest BCUT2D eigenvalue weighted by Gasteiger charge is 2.55. The summed E-state index contributed by atoms with van der Waals surface area (Å²) in [7, 11) is 0. The van der Waals surface area contributed by atoms with Gasteiger partial charge in [0.25, 0.3) is 5.92 Å². The van der Waals surface area contributed by atoms with Crippen molar-refractivity contribution in [2.75, 3.05) is 6.61 Å². The normalized spacial score (nSPS) is 39.3. The summed E-state index contributed by atoms with van der Waals surface area (Å²) in [6.45, 7) is 0.309. The predicted molar refractivity (Wildman–Crippen MR) is 71.7 cm³/mol. The number of carbonyl (C=O) groups excluding carboxylic acids is 1. The summed E-state index contributed by atoms with van der Waals surface area (Å²) in [5, 5.41) is 0. The Morgan fingerprint density at radius 1 is 1.19 bits per heavy atom. The smallest absolute Gasteiger partial charge is 0.312 e. The number of carbonyl (C=O) groups is 1. The second-order valence-corrected chi connectivity index (χ2v) is 7.55. The van der Waals surface area contributed by atoms with Crippen LogP contribution in [0.15, 0.2) is 0 Å². The molecular weight excluding hydrogens is 281 g/mol. The van der Waals surface area contributed by atoms with E-state index in [1.54, 1.807) is 0 Å². The molecule has 5 heteroatoms. The first-order valence-corrected chi connectivity index (χ1v) is 7.97. The standard InChI is InChI=1S/C16H23F3O2/c1-15(18,19)13(17)2-3-21-14(20)16-7-10-4-11(8-16)6-12(5-10)9-16/h10-13H,2-9H2,1H3. The third-order valence-electron chi connectivity index (χ3n) is 5.63. The molecular formula is C16H23F3O2. The molecule has 0 spiro atoms. The molecule has 0 heterocycles. The highest BCUT2D eigenvalue weighted by Crippen LogP contribution is 2.60. The molecule has 4 bridgehead atoms. The third-order valence-corrected chi connectivity index (χ3v) is 5.63. The van der Waals surface area contributed by atoms with Crippen LogP contribution in [-0.2, 0) is 9.53 Å². The number of halogens is 3. The maximum Gasteiger partial charge on any atom is 0.312 e. The number of hydrogen-bond donors (Lipinski definition) is 0. The van der Waals surface area contributed by atoms with Crippen molar-refractivity contribution in [2.45, 2.75) is 64.0 Å². The quantitative estimate of drug-likeness (QED) is 0.714. The summed E-state index contributed by atoms with van der Waals surface area (Å²) in [4.78, 5) is 12.4. The van der Waals surface area contributed by atoms with Crippen LogP contribution in [-0.4, -0.2) is 24.7 Å². The Morgan fingerprint density at radius 2 is 1.67 bits per heavy atom. The van der Waals surface area contributed by atoms with Crippen molar-refractivity contribution >= 4 is 5.97 Å². The van der Waals surface area contributed by atoms with E-state index in [1.807, 2.05) is 0 Å². The number of alkyl halides is 3. The molecule has 0 amide bonds. The van der Waals surface area contributed by atoms with Gasteiger partial charge in [0.1, 0.15) is 0 Å². The van der Waals surface area contributed by atoms with Gasteiger partial charge in [0, 0.05) is 13.3 Å². The molecule has 2 nitrogen and oxygen atoms in total. The highest BCUT2D eigenvalue weighted by atomic mass is 19.3. The monoisotopic (exact) mass is 304 g/mol. The number of rotatable bonds is 5. The van der Waals surface area contributed by atoms with E-state index in [0.29, 0.717) is 24.7 Å². The van der Waals surface area contributed by atoms with Crippen LogP contribution in [0.1, 0.15) is 51.9 Å². The van der Waals surface area contributed by atoms with Crippen molar-refractivity contribution in [1.82, 2.24) is 0 Å². The minimum Gasteiger partial charge on any atom is -0.465 e. The van der Waals surface area contributed by atoms with Crippen LogP contribution < -0.4 is 0 Å². The van der Waals surface area contributed by atoms with Crippen LogP contribution in [0.25, 0.3) is 0 Å². The first-order valence-electron chi connectivity index (χ1n) is 7.97. The minimum absolute atomic E-state index is 0.245. The molecule has 4 aliphatic carbocycles. The zero-order chi connectivity index (χ0) is 15.3. The molecule has 0 saturated heterocycles. The third kappa shape index (κ3) is 2.93. The molecule has 0 aromatic heterocycles. The average Bonchev–Trinajstić information content (AvgIpc) is 2.35. The second-order valence-electron chi connectivity index (χ2n) is 7.55. The first kappa shape index (κ1) is 15.2.